The van der Waals surface area contributed by atoms with Crippen LogP contribution in [0.15, 0.2) is 120 Å². The van der Waals surface area contributed by atoms with E-state index in [1.165, 1.54) is 10.6 Å². The summed E-state index contributed by atoms with van der Waals surface area (Å²) in [5.41, 5.74) is 3.65. The van der Waals surface area contributed by atoms with E-state index in [1.807, 2.05) is 84.9 Å². The molecule has 2 heterocycles. The van der Waals surface area contributed by atoms with E-state index in [9.17, 15) is 9.18 Å². The Morgan fingerprint density at radius 3 is 2.00 bits per heavy atom. The maximum Gasteiger partial charge on any atom is 0.269 e. The number of hydrogen-bond acceptors (Lipinski definition) is 3. The van der Waals surface area contributed by atoms with Gasteiger partial charge in [0.25, 0.3) is 5.56 Å². The third-order valence-electron chi connectivity index (χ3n) is 5.92. The van der Waals surface area contributed by atoms with E-state index in [0.29, 0.717) is 11.1 Å². The van der Waals surface area contributed by atoms with Crippen LogP contribution < -0.4 is 5.56 Å². The van der Waals surface area contributed by atoms with Crippen molar-refractivity contribution in [3.63, 3.8) is 0 Å². The van der Waals surface area contributed by atoms with Gasteiger partial charge >= 0.3 is 0 Å². The van der Waals surface area contributed by atoms with E-state index in [4.69, 9.17) is 0 Å². The summed E-state index contributed by atoms with van der Waals surface area (Å²) in [5, 5.41) is 4.87. The molecule has 0 atom stereocenters. The van der Waals surface area contributed by atoms with Crippen molar-refractivity contribution in [2.75, 3.05) is 0 Å². The van der Waals surface area contributed by atoms with Crippen LogP contribution in [0.1, 0.15) is 0 Å². The first-order valence-corrected chi connectivity index (χ1v) is 11.2. The summed E-state index contributed by atoms with van der Waals surface area (Å²) in [4.78, 5) is 18.4. The number of benzene rings is 4. The number of para-hydroxylation sites is 1. The van der Waals surface area contributed by atoms with Gasteiger partial charge in [-0.3, -0.25) is 9.36 Å². The lowest BCUT2D eigenvalue weighted by Gasteiger charge is -2.13. The molecule has 0 saturated heterocycles. The molecule has 0 aliphatic rings. The smallest absolute Gasteiger partial charge is 0.268 e. The molecule has 0 radical (unpaired) electrons. The van der Waals surface area contributed by atoms with E-state index in [1.54, 1.807) is 29.1 Å². The summed E-state index contributed by atoms with van der Waals surface area (Å²) in [5.74, 6) is -0.262. The molecule has 0 amide bonds. The van der Waals surface area contributed by atoms with E-state index in [2.05, 4.69) is 10.1 Å². The molecule has 6 heteroatoms. The maximum absolute atomic E-state index is 14.9. The Morgan fingerprint density at radius 1 is 0.657 bits per heavy atom. The summed E-state index contributed by atoms with van der Waals surface area (Å²) in [7, 11) is 0. The summed E-state index contributed by atoms with van der Waals surface area (Å²) in [6, 6.07) is 33.4. The average molecular weight is 458 g/mol. The number of aromatic nitrogens is 4. The molecule has 0 aliphatic carbocycles. The second-order valence-electron chi connectivity index (χ2n) is 8.12. The normalized spacial score (nSPS) is 11.1. The van der Waals surface area contributed by atoms with Gasteiger partial charge in [0.2, 0.25) is 0 Å². The van der Waals surface area contributed by atoms with Gasteiger partial charge in [-0.1, -0.05) is 72.8 Å². The first-order valence-electron chi connectivity index (χ1n) is 11.2. The Bertz CT molecular complexity index is 1710. The molecule has 5 nitrogen and oxygen atoms in total. The van der Waals surface area contributed by atoms with E-state index in [0.717, 1.165) is 16.8 Å². The van der Waals surface area contributed by atoms with Crippen molar-refractivity contribution >= 4 is 11.0 Å². The number of halogens is 1. The highest BCUT2D eigenvalue weighted by atomic mass is 19.1. The molecule has 6 aromatic rings. The largest absolute Gasteiger partial charge is 0.269 e. The van der Waals surface area contributed by atoms with E-state index < -0.39 is 5.82 Å². The van der Waals surface area contributed by atoms with Gasteiger partial charge < -0.3 is 0 Å². The second-order valence-corrected chi connectivity index (χ2v) is 8.12. The Balaban J connectivity index is 1.58. The Kier molecular flexibility index (Phi) is 5.04. The summed E-state index contributed by atoms with van der Waals surface area (Å²) >= 11 is 0. The van der Waals surface area contributed by atoms with E-state index in [-0.39, 0.29) is 22.6 Å². The van der Waals surface area contributed by atoms with Gasteiger partial charge in [-0.2, -0.15) is 0 Å². The predicted octanol–water partition coefficient (Wildman–Crippen LogP) is 6.04. The van der Waals surface area contributed by atoms with Gasteiger partial charge in [0.05, 0.1) is 16.9 Å². The lowest BCUT2D eigenvalue weighted by molar-refractivity contribution is 0.629. The Morgan fingerprint density at radius 2 is 1.29 bits per heavy atom. The molecule has 0 aliphatic heterocycles. The SMILES string of the molecule is O=c1c2cn(-c3ccccc3)nc2nc(-c2ccccc2F)n1-c1ccc(-c2ccccc2)cc1. The third-order valence-corrected chi connectivity index (χ3v) is 5.92. The fourth-order valence-corrected chi connectivity index (χ4v) is 4.17. The third kappa shape index (κ3) is 3.71. The molecule has 6 rings (SSSR count). The molecular formula is C29H19FN4O. The number of nitrogens with zero attached hydrogens (tertiary/aromatic N) is 4. The van der Waals surface area contributed by atoms with Crippen molar-refractivity contribution < 1.29 is 4.39 Å². The van der Waals surface area contributed by atoms with Crippen molar-refractivity contribution in [3.8, 4) is 33.9 Å². The zero-order valence-corrected chi connectivity index (χ0v) is 18.5. The minimum Gasteiger partial charge on any atom is -0.268 e. The molecule has 35 heavy (non-hydrogen) atoms. The topological polar surface area (TPSA) is 52.7 Å². The number of rotatable bonds is 4. The monoisotopic (exact) mass is 458 g/mol. The molecule has 0 saturated carbocycles. The predicted molar refractivity (Wildman–Crippen MR) is 135 cm³/mol. The average Bonchev–Trinajstić information content (AvgIpc) is 3.35. The minimum atomic E-state index is -0.462. The quantitative estimate of drug-likeness (QED) is 0.323. The fourth-order valence-electron chi connectivity index (χ4n) is 4.17. The minimum absolute atomic E-state index is 0.200. The highest BCUT2D eigenvalue weighted by molar-refractivity contribution is 5.78. The molecule has 0 spiro atoms. The van der Waals surface area contributed by atoms with Gasteiger partial charge in [0.15, 0.2) is 11.5 Å². The van der Waals surface area contributed by atoms with Gasteiger partial charge in [0.1, 0.15) is 11.2 Å². The van der Waals surface area contributed by atoms with Crippen LogP contribution >= 0.6 is 0 Å². The first kappa shape index (κ1) is 20.7. The van der Waals surface area contributed by atoms with Crippen molar-refractivity contribution in [3.05, 3.63) is 132 Å². The van der Waals surface area contributed by atoms with Crippen molar-refractivity contribution in [2.24, 2.45) is 0 Å². The van der Waals surface area contributed by atoms with Crippen LogP contribution in [0.5, 0.6) is 0 Å². The van der Waals surface area contributed by atoms with Gasteiger partial charge in [0, 0.05) is 6.20 Å². The Labute approximate surface area is 200 Å². The molecule has 0 N–H and O–H groups in total. The molecular weight excluding hydrogens is 439 g/mol. The lowest BCUT2D eigenvalue weighted by atomic mass is 10.1. The van der Waals surface area contributed by atoms with Crippen LogP contribution in [0, 0.1) is 5.82 Å². The highest BCUT2D eigenvalue weighted by Gasteiger charge is 2.19. The fraction of sp³-hybridized carbons (Fsp3) is 0. The Hall–Kier alpha value is -4.84. The number of fused-ring (bicyclic) bond motifs is 1. The van der Waals surface area contributed by atoms with E-state index >= 15 is 0 Å². The van der Waals surface area contributed by atoms with Crippen LogP contribution in [0.3, 0.4) is 0 Å². The molecule has 0 fully saturated rings. The van der Waals surface area contributed by atoms with Crippen molar-refractivity contribution in [2.45, 2.75) is 0 Å². The molecule has 4 aromatic carbocycles. The van der Waals surface area contributed by atoms with Crippen LogP contribution in [0.25, 0.3) is 44.9 Å². The van der Waals surface area contributed by atoms with Crippen LogP contribution in [-0.4, -0.2) is 19.3 Å². The zero-order chi connectivity index (χ0) is 23.8. The van der Waals surface area contributed by atoms with Crippen LogP contribution in [-0.2, 0) is 0 Å². The molecule has 168 valence electrons. The molecule has 0 bridgehead atoms. The lowest BCUT2D eigenvalue weighted by Crippen LogP contribution is -2.21. The standard InChI is InChI=1S/C29H19FN4O/c30-26-14-8-7-13-24(26)28-31-27-25(19-33(32-27)22-11-5-2-6-12-22)29(35)34(28)23-17-15-21(16-18-23)20-9-3-1-4-10-20/h1-19H. The summed E-state index contributed by atoms with van der Waals surface area (Å²) < 4.78 is 17.9. The first-order chi connectivity index (χ1) is 17.2. The zero-order valence-electron chi connectivity index (χ0n) is 18.5. The molecule has 0 unspecified atom stereocenters. The van der Waals surface area contributed by atoms with Gasteiger partial charge in [-0.25, -0.2) is 14.1 Å². The highest BCUT2D eigenvalue weighted by Crippen LogP contribution is 2.26. The van der Waals surface area contributed by atoms with Gasteiger partial charge in [-0.15, -0.1) is 5.10 Å². The van der Waals surface area contributed by atoms with Gasteiger partial charge in [-0.05, 0) is 47.5 Å². The number of hydrogen-bond donors (Lipinski definition) is 0. The second kappa shape index (κ2) is 8.50. The van der Waals surface area contributed by atoms with Crippen molar-refractivity contribution in [1.29, 1.82) is 0 Å². The van der Waals surface area contributed by atoms with Crippen LogP contribution in [0.2, 0.25) is 0 Å². The maximum atomic E-state index is 14.9. The summed E-state index contributed by atoms with van der Waals surface area (Å²) in [6.45, 7) is 0. The van der Waals surface area contributed by atoms with Crippen molar-refractivity contribution in [1.82, 2.24) is 19.3 Å². The summed E-state index contributed by atoms with van der Waals surface area (Å²) in [6.07, 6.45) is 1.67. The molecule has 2 aromatic heterocycles. The van der Waals surface area contributed by atoms with Crippen LogP contribution in [0.4, 0.5) is 4.39 Å².